The van der Waals surface area contributed by atoms with Crippen LogP contribution in [0.25, 0.3) is 0 Å². The fourth-order valence-electron chi connectivity index (χ4n) is 2.68. The standard InChI is InChI=1S/C14H20OS/c1-2-11-5-3-6-12(9-11)14(15)10-13-7-4-8-16-13/h4,7-8,11-12H,2-3,5-6,9-10H2,1H3. The van der Waals surface area contributed by atoms with E-state index in [1.54, 1.807) is 11.3 Å². The Morgan fingerprint density at radius 3 is 3.06 bits per heavy atom. The highest BCUT2D eigenvalue weighted by Gasteiger charge is 2.26. The van der Waals surface area contributed by atoms with Crippen molar-refractivity contribution in [2.75, 3.05) is 0 Å². The van der Waals surface area contributed by atoms with Gasteiger partial charge in [0.05, 0.1) is 0 Å². The van der Waals surface area contributed by atoms with E-state index in [-0.39, 0.29) is 0 Å². The van der Waals surface area contributed by atoms with Crippen LogP contribution in [-0.2, 0) is 11.2 Å². The van der Waals surface area contributed by atoms with Crippen molar-refractivity contribution in [3.05, 3.63) is 22.4 Å². The monoisotopic (exact) mass is 236 g/mol. The van der Waals surface area contributed by atoms with Crippen LogP contribution < -0.4 is 0 Å². The summed E-state index contributed by atoms with van der Waals surface area (Å²) < 4.78 is 0. The first-order valence-corrected chi connectivity index (χ1v) is 7.22. The molecule has 0 radical (unpaired) electrons. The summed E-state index contributed by atoms with van der Waals surface area (Å²) in [4.78, 5) is 13.4. The van der Waals surface area contributed by atoms with E-state index in [1.807, 2.05) is 6.07 Å². The Morgan fingerprint density at radius 2 is 2.38 bits per heavy atom. The Labute approximate surface area is 102 Å². The summed E-state index contributed by atoms with van der Waals surface area (Å²) in [6, 6.07) is 4.10. The van der Waals surface area contributed by atoms with Gasteiger partial charge in [0, 0.05) is 17.2 Å². The van der Waals surface area contributed by atoms with Crippen LogP contribution in [0.2, 0.25) is 0 Å². The predicted octanol–water partition coefficient (Wildman–Crippen LogP) is 4.08. The van der Waals surface area contributed by atoms with Crippen molar-refractivity contribution >= 4 is 17.1 Å². The quantitative estimate of drug-likeness (QED) is 0.770. The fraction of sp³-hybridized carbons (Fsp3) is 0.643. The van der Waals surface area contributed by atoms with Gasteiger partial charge in [0.1, 0.15) is 5.78 Å². The van der Waals surface area contributed by atoms with E-state index in [0.717, 1.165) is 18.8 Å². The van der Waals surface area contributed by atoms with Gasteiger partial charge in [-0.05, 0) is 30.2 Å². The zero-order chi connectivity index (χ0) is 11.4. The molecule has 1 aromatic rings. The molecule has 1 heterocycles. The number of hydrogen-bond acceptors (Lipinski definition) is 2. The van der Waals surface area contributed by atoms with Crippen LogP contribution in [0.1, 0.15) is 43.9 Å². The van der Waals surface area contributed by atoms with Crippen molar-refractivity contribution in [1.29, 1.82) is 0 Å². The zero-order valence-corrected chi connectivity index (χ0v) is 10.8. The zero-order valence-electron chi connectivity index (χ0n) is 9.95. The molecule has 0 saturated heterocycles. The minimum Gasteiger partial charge on any atom is -0.299 e. The van der Waals surface area contributed by atoms with Gasteiger partial charge in [0.15, 0.2) is 0 Å². The Morgan fingerprint density at radius 1 is 1.50 bits per heavy atom. The highest BCUT2D eigenvalue weighted by Crippen LogP contribution is 2.32. The maximum Gasteiger partial charge on any atom is 0.141 e. The van der Waals surface area contributed by atoms with Gasteiger partial charge in [-0.15, -0.1) is 11.3 Å². The third-order valence-corrected chi connectivity index (χ3v) is 4.62. The van der Waals surface area contributed by atoms with Crippen LogP contribution in [0.3, 0.4) is 0 Å². The van der Waals surface area contributed by atoms with Gasteiger partial charge >= 0.3 is 0 Å². The Kier molecular flexibility index (Phi) is 4.16. The molecule has 16 heavy (non-hydrogen) atoms. The molecular formula is C14H20OS. The largest absolute Gasteiger partial charge is 0.299 e. The highest BCUT2D eigenvalue weighted by atomic mass is 32.1. The molecule has 0 aliphatic heterocycles. The molecule has 1 aliphatic rings. The molecule has 1 aromatic heterocycles. The van der Waals surface area contributed by atoms with Gasteiger partial charge in [-0.2, -0.15) is 0 Å². The van der Waals surface area contributed by atoms with Gasteiger partial charge in [-0.1, -0.05) is 32.3 Å². The Bertz CT molecular complexity index is 329. The van der Waals surface area contributed by atoms with E-state index >= 15 is 0 Å². The molecule has 2 rings (SSSR count). The van der Waals surface area contributed by atoms with E-state index in [9.17, 15) is 4.79 Å². The number of carbonyl (C=O) groups is 1. The summed E-state index contributed by atoms with van der Waals surface area (Å²) in [7, 11) is 0. The lowest BCUT2D eigenvalue weighted by Gasteiger charge is -2.27. The first kappa shape index (κ1) is 11.8. The molecule has 0 N–H and O–H groups in total. The second-order valence-electron chi connectivity index (χ2n) is 4.86. The molecule has 0 spiro atoms. The van der Waals surface area contributed by atoms with E-state index in [1.165, 1.54) is 24.1 Å². The number of rotatable bonds is 4. The number of thiophene rings is 1. The smallest absolute Gasteiger partial charge is 0.141 e. The average Bonchev–Trinajstić information content (AvgIpc) is 2.82. The number of carbonyl (C=O) groups excluding carboxylic acids is 1. The van der Waals surface area contributed by atoms with Crippen LogP contribution in [0.4, 0.5) is 0 Å². The van der Waals surface area contributed by atoms with E-state index in [0.29, 0.717) is 18.1 Å². The van der Waals surface area contributed by atoms with Crippen molar-refractivity contribution < 1.29 is 4.79 Å². The molecule has 2 unspecified atom stereocenters. The highest BCUT2D eigenvalue weighted by molar-refractivity contribution is 7.10. The molecule has 1 aliphatic carbocycles. The maximum absolute atomic E-state index is 12.1. The minimum absolute atomic E-state index is 0.348. The summed E-state index contributed by atoms with van der Waals surface area (Å²) in [5.74, 6) is 1.62. The molecule has 2 heteroatoms. The topological polar surface area (TPSA) is 17.1 Å². The van der Waals surface area contributed by atoms with Crippen molar-refractivity contribution in [2.45, 2.75) is 45.4 Å². The van der Waals surface area contributed by atoms with Crippen molar-refractivity contribution in [1.82, 2.24) is 0 Å². The first-order chi connectivity index (χ1) is 7.79. The van der Waals surface area contributed by atoms with Crippen molar-refractivity contribution in [3.8, 4) is 0 Å². The van der Waals surface area contributed by atoms with E-state index < -0.39 is 0 Å². The van der Waals surface area contributed by atoms with Gasteiger partial charge in [-0.3, -0.25) is 4.79 Å². The summed E-state index contributed by atoms with van der Waals surface area (Å²) >= 11 is 1.70. The van der Waals surface area contributed by atoms with E-state index in [2.05, 4.69) is 18.4 Å². The van der Waals surface area contributed by atoms with Crippen LogP contribution in [0.15, 0.2) is 17.5 Å². The normalized spacial score (nSPS) is 25.6. The number of ketones is 1. The van der Waals surface area contributed by atoms with E-state index in [4.69, 9.17) is 0 Å². The fourth-order valence-corrected chi connectivity index (χ4v) is 3.40. The van der Waals surface area contributed by atoms with Gasteiger partial charge < -0.3 is 0 Å². The molecule has 1 nitrogen and oxygen atoms in total. The van der Waals surface area contributed by atoms with Gasteiger partial charge in [0.2, 0.25) is 0 Å². The second kappa shape index (κ2) is 5.62. The Hall–Kier alpha value is -0.630. The summed E-state index contributed by atoms with van der Waals surface area (Å²) in [5.41, 5.74) is 0. The SMILES string of the molecule is CCC1CCCC(C(=O)Cc2cccs2)C1. The van der Waals surface area contributed by atoms with Crippen LogP contribution >= 0.6 is 11.3 Å². The lowest BCUT2D eigenvalue weighted by atomic mass is 9.77. The van der Waals surface area contributed by atoms with Gasteiger partial charge in [0.25, 0.3) is 0 Å². The van der Waals surface area contributed by atoms with Gasteiger partial charge in [-0.25, -0.2) is 0 Å². The summed E-state index contributed by atoms with van der Waals surface area (Å²) in [6.07, 6.45) is 6.75. The van der Waals surface area contributed by atoms with Crippen LogP contribution in [0.5, 0.6) is 0 Å². The first-order valence-electron chi connectivity index (χ1n) is 6.34. The molecule has 88 valence electrons. The second-order valence-corrected chi connectivity index (χ2v) is 5.89. The van der Waals surface area contributed by atoms with Crippen LogP contribution in [0, 0.1) is 11.8 Å². The number of Topliss-reactive ketones (excluding diaryl/α,β-unsaturated/α-hetero) is 1. The summed E-state index contributed by atoms with van der Waals surface area (Å²) in [5, 5.41) is 2.05. The molecule has 1 fully saturated rings. The van der Waals surface area contributed by atoms with Crippen LogP contribution in [-0.4, -0.2) is 5.78 Å². The third-order valence-electron chi connectivity index (χ3n) is 3.74. The average molecular weight is 236 g/mol. The Balaban J connectivity index is 1.89. The lowest BCUT2D eigenvalue weighted by molar-refractivity contribution is -0.123. The lowest BCUT2D eigenvalue weighted by Crippen LogP contribution is -2.23. The van der Waals surface area contributed by atoms with Crippen molar-refractivity contribution in [3.63, 3.8) is 0 Å². The predicted molar refractivity (Wildman–Crippen MR) is 68.8 cm³/mol. The maximum atomic E-state index is 12.1. The molecular weight excluding hydrogens is 216 g/mol. The number of hydrogen-bond donors (Lipinski definition) is 0. The summed E-state index contributed by atoms with van der Waals surface area (Å²) in [6.45, 7) is 2.25. The molecule has 0 amide bonds. The minimum atomic E-state index is 0.348. The molecule has 0 aromatic carbocycles. The van der Waals surface area contributed by atoms with Crippen molar-refractivity contribution in [2.24, 2.45) is 11.8 Å². The molecule has 0 bridgehead atoms. The molecule has 1 saturated carbocycles. The third kappa shape index (κ3) is 2.94. The molecule has 2 atom stereocenters.